The van der Waals surface area contributed by atoms with Crippen molar-refractivity contribution < 1.29 is 5.11 Å². The van der Waals surface area contributed by atoms with Crippen molar-refractivity contribution in [3.05, 3.63) is 28.7 Å². The first-order valence-corrected chi connectivity index (χ1v) is 5.81. The number of hydrogen-bond acceptors (Lipinski definition) is 3. The zero-order chi connectivity index (χ0) is 12.0. The Kier molecular flexibility index (Phi) is 2.22. The maximum absolute atomic E-state index is 12.0. The van der Waals surface area contributed by atoms with Gasteiger partial charge in [0.05, 0.1) is 11.7 Å². The van der Waals surface area contributed by atoms with Gasteiger partial charge in [-0.3, -0.25) is 9.47 Å². The third-order valence-electron chi connectivity index (χ3n) is 3.51. The Morgan fingerprint density at radius 3 is 3.00 bits per heavy atom. The molecule has 3 rings (SSSR count). The van der Waals surface area contributed by atoms with Crippen molar-refractivity contribution in [2.45, 2.75) is 19.0 Å². The Hall–Kier alpha value is -1.75. The molecular weight excluding hydrogens is 218 g/mol. The van der Waals surface area contributed by atoms with E-state index in [2.05, 4.69) is 9.88 Å². The Morgan fingerprint density at radius 1 is 1.47 bits per heavy atom. The van der Waals surface area contributed by atoms with Crippen LogP contribution in [0.25, 0.3) is 11.0 Å². The zero-order valence-electron chi connectivity index (χ0n) is 9.68. The number of aromatic amines is 1. The number of nitrogens with zero attached hydrogens (tertiary/aromatic N) is 2. The minimum Gasteiger partial charge on any atom is -0.506 e. The number of para-hydroxylation sites is 1. The molecule has 2 heterocycles. The highest BCUT2D eigenvalue weighted by molar-refractivity contribution is 5.81. The molecule has 1 aliphatic rings. The van der Waals surface area contributed by atoms with E-state index in [0.29, 0.717) is 5.52 Å². The summed E-state index contributed by atoms with van der Waals surface area (Å²) in [7, 11) is 2.02. The fraction of sp³-hybridized carbons (Fsp3) is 0.417. The number of hydrogen-bond donors (Lipinski definition) is 2. The van der Waals surface area contributed by atoms with Crippen LogP contribution < -0.4 is 5.69 Å². The van der Waals surface area contributed by atoms with Gasteiger partial charge < -0.3 is 10.1 Å². The van der Waals surface area contributed by atoms with Crippen LogP contribution in [0.3, 0.4) is 0 Å². The average Bonchev–Trinajstić information content (AvgIpc) is 2.83. The number of aromatic nitrogens is 2. The number of phenolic OH excluding ortho intramolecular Hbond substituents is 1. The first kappa shape index (κ1) is 10.4. The molecular formula is C12H15N3O2. The molecule has 0 radical (unpaired) electrons. The van der Waals surface area contributed by atoms with Gasteiger partial charge in [-0.05, 0) is 38.6 Å². The number of nitrogens with one attached hydrogen (secondary N) is 1. The Labute approximate surface area is 98.3 Å². The van der Waals surface area contributed by atoms with E-state index in [9.17, 15) is 9.90 Å². The van der Waals surface area contributed by atoms with E-state index in [1.165, 1.54) is 0 Å². The number of aromatic hydroxyl groups is 1. The van der Waals surface area contributed by atoms with E-state index in [1.807, 2.05) is 13.1 Å². The van der Waals surface area contributed by atoms with Gasteiger partial charge in [-0.15, -0.1) is 0 Å². The van der Waals surface area contributed by atoms with Crippen molar-refractivity contribution in [1.82, 2.24) is 14.5 Å². The maximum Gasteiger partial charge on any atom is 0.327 e. The topological polar surface area (TPSA) is 61.3 Å². The van der Waals surface area contributed by atoms with Crippen LogP contribution in [0.5, 0.6) is 5.75 Å². The van der Waals surface area contributed by atoms with Crippen molar-refractivity contribution >= 4 is 11.0 Å². The summed E-state index contributed by atoms with van der Waals surface area (Å²) in [6.07, 6.45) is 2.16. The van der Waals surface area contributed by atoms with E-state index in [1.54, 1.807) is 16.7 Å². The van der Waals surface area contributed by atoms with E-state index < -0.39 is 0 Å². The lowest BCUT2D eigenvalue weighted by Crippen LogP contribution is -2.30. The molecule has 2 aromatic rings. The van der Waals surface area contributed by atoms with Crippen LogP contribution in [0.4, 0.5) is 0 Å². The number of imidazole rings is 1. The molecule has 0 bridgehead atoms. The third kappa shape index (κ3) is 1.46. The molecule has 17 heavy (non-hydrogen) atoms. The van der Waals surface area contributed by atoms with Gasteiger partial charge in [-0.1, -0.05) is 6.07 Å². The number of fused-ring (bicyclic) bond motifs is 1. The van der Waals surface area contributed by atoms with E-state index in [4.69, 9.17) is 0 Å². The number of likely N-dealkylation sites (tertiary alicyclic amines) is 1. The molecule has 0 spiro atoms. The molecule has 0 saturated carbocycles. The van der Waals surface area contributed by atoms with Gasteiger partial charge in [-0.25, -0.2) is 4.79 Å². The van der Waals surface area contributed by atoms with Gasteiger partial charge in [0.25, 0.3) is 0 Å². The van der Waals surface area contributed by atoms with Crippen LogP contribution >= 0.6 is 0 Å². The number of rotatable bonds is 1. The molecule has 1 saturated heterocycles. The number of benzene rings is 1. The monoisotopic (exact) mass is 233 g/mol. The first-order valence-electron chi connectivity index (χ1n) is 5.81. The summed E-state index contributed by atoms with van der Waals surface area (Å²) in [6.45, 7) is 1.00. The second-order valence-electron chi connectivity index (χ2n) is 4.57. The van der Waals surface area contributed by atoms with Gasteiger partial charge in [-0.2, -0.15) is 0 Å². The van der Waals surface area contributed by atoms with E-state index in [-0.39, 0.29) is 17.6 Å². The molecule has 5 nitrogen and oxygen atoms in total. The van der Waals surface area contributed by atoms with E-state index >= 15 is 0 Å². The Balaban J connectivity index is 2.25. The van der Waals surface area contributed by atoms with Gasteiger partial charge in [0, 0.05) is 0 Å². The molecule has 1 atom stereocenters. The van der Waals surface area contributed by atoms with Crippen molar-refractivity contribution in [1.29, 1.82) is 0 Å². The molecule has 1 unspecified atom stereocenters. The smallest absolute Gasteiger partial charge is 0.327 e. The van der Waals surface area contributed by atoms with Crippen LogP contribution in [-0.4, -0.2) is 33.1 Å². The number of H-pyrrole nitrogens is 1. The summed E-state index contributed by atoms with van der Waals surface area (Å²) in [6, 6.07) is 5.20. The van der Waals surface area contributed by atoms with Crippen molar-refractivity contribution in [3.63, 3.8) is 0 Å². The molecule has 90 valence electrons. The molecule has 2 N–H and O–H groups in total. The number of phenols is 1. The normalized spacial score (nSPS) is 21.4. The van der Waals surface area contributed by atoms with Crippen molar-refractivity contribution in [2.24, 2.45) is 0 Å². The molecule has 1 fully saturated rings. The third-order valence-corrected chi connectivity index (χ3v) is 3.51. The van der Waals surface area contributed by atoms with Crippen LogP contribution in [-0.2, 0) is 0 Å². The van der Waals surface area contributed by atoms with Crippen LogP contribution in [0.1, 0.15) is 19.0 Å². The maximum atomic E-state index is 12.0. The predicted molar refractivity (Wildman–Crippen MR) is 65.1 cm³/mol. The highest BCUT2D eigenvalue weighted by atomic mass is 16.3. The second-order valence-corrected chi connectivity index (χ2v) is 4.57. The molecule has 0 amide bonds. The lowest BCUT2D eigenvalue weighted by atomic mass is 10.2. The minimum atomic E-state index is -0.153. The largest absolute Gasteiger partial charge is 0.506 e. The standard InChI is InChI=1S/C12H15N3O2/c1-14-7-3-6-10(14)15-8-4-2-5-9(16)11(8)13-12(15)17/h2,4-5,10,16H,3,6-7H2,1H3,(H,13,17). The summed E-state index contributed by atoms with van der Waals surface area (Å²) in [5.41, 5.74) is 1.15. The van der Waals surface area contributed by atoms with Gasteiger partial charge in [0.15, 0.2) is 0 Å². The highest BCUT2D eigenvalue weighted by Gasteiger charge is 2.26. The summed E-state index contributed by atoms with van der Waals surface area (Å²) in [5, 5.41) is 9.72. The van der Waals surface area contributed by atoms with Crippen molar-refractivity contribution in [2.75, 3.05) is 13.6 Å². The quantitative estimate of drug-likeness (QED) is 0.779. The van der Waals surface area contributed by atoms with Crippen LogP contribution in [0, 0.1) is 0 Å². The van der Waals surface area contributed by atoms with Gasteiger partial charge in [0.1, 0.15) is 11.3 Å². The average molecular weight is 233 g/mol. The summed E-state index contributed by atoms with van der Waals surface area (Å²) < 4.78 is 1.74. The minimum absolute atomic E-state index is 0.0954. The van der Waals surface area contributed by atoms with Crippen LogP contribution in [0.15, 0.2) is 23.0 Å². The van der Waals surface area contributed by atoms with Gasteiger partial charge >= 0.3 is 5.69 Å². The summed E-state index contributed by atoms with van der Waals surface area (Å²) in [5.74, 6) is 0.124. The van der Waals surface area contributed by atoms with E-state index in [0.717, 1.165) is 24.9 Å². The van der Waals surface area contributed by atoms with Gasteiger partial charge in [0.2, 0.25) is 0 Å². The lowest BCUT2D eigenvalue weighted by Gasteiger charge is -2.20. The Bertz CT molecular complexity index is 614. The summed E-state index contributed by atoms with van der Waals surface area (Å²) in [4.78, 5) is 16.9. The SMILES string of the molecule is CN1CCCC1n1c(=O)[nH]c2c(O)cccc21. The van der Waals surface area contributed by atoms with Crippen LogP contribution in [0.2, 0.25) is 0 Å². The lowest BCUT2D eigenvalue weighted by molar-refractivity contribution is 0.238. The highest BCUT2D eigenvalue weighted by Crippen LogP contribution is 2.29. The molecule has 5 heteroatoms. The molecule has 1 aromatic carbocycles. The zero-order valence-corrected chi connectivity index (χ0v) is 9.68. The predicted octanol–water partition coefficient (Wildman–Crippen LogP) is 1.26. The van der Waals surface area contributed by atoms with Crippen molar-refractivity contribution in [3.8, 4) is 5.75 Å². The first-order chi connectivity index (χ1) is 8.18. The fourth-order valence-electron chi connectivity index (χ4n) is 2.65. The fourth-order valence-corrected chi connectivity index (χ4v) is 2.65. The molecule has 1 aliphatic heterocycles. The Morgan fingerprint density at radius 2 is 2.29 bits per heavy atom. The summed E-state index contributed by atoms with van der Waals surface area (Å²) >= 11 is 0. The molecule has 1 aromatic heterocycles. The second kappa shape index (κ2) is 3.63. The molecule has 0 aliphatic carbocycles.